The van der Waals surface area contributed by atoms with Crippen molar-refractivity contribution in [1.82, 2.24) is 0 Å². The third-order valence-corrected chi connectivity index (χ3v) is 3.06. The second-order valence-corrected chi connectivity index (χ2v) is 5.54. The summed E-state index contributed by atoms with van der Waals surface area (Å²) >= 11 is 0. The van der Waals surface area contributed by atoms with Crippen LogP contribution in [0.4, 0.5) is 0 Å². The van der Waals surface area contributed by atoms with E-state index in [-0.39, 0.29) is 87.2 Å². The fraction of sp³-hybridized carbons (Fsp3) is 0.667. The first kappa shape index (κ1) is 22.5. The zero-order chi connectivity index (χ0) is 15.9. The SMILES string of the molecule is CC(=O)CCC(=O)C(CC(C)=O)(CC(C)=O)CC(C)=O.[Zr]. The van der Waals surface area contributed by atoms with Crippen LogP contribution in [0.1, 0.15) is 59.8 Å². The summed E-state index contributed by atoms with van der Waals surface area (Å²) in [6, 6.07) is 0. The minimum Gasteiger partial charge on any atom is -0.300 e. The van der Waals surface area contributed by atoms with Crippen LogP contribution in [0.3, 0.4) is 0 Å². The van der Waals surface area contributed by atoms with Crippen LogP contribution in [0.2, 0.25) is 0 Å². The minimum absolute atomic E-state index is 0. The van der Waals surface area contributed by atoms with Crippen molar-refractivity contribution < 1.29 is 50.2 Å². The number of ketones is 5. The maximum Gasteiger partial charge on any atom is 0.140 e. The summed E-state index contributed by atoms with van der Waals surface area (Å²) in [5, 5.41) is 0. The Bertz CT molecular complexity index is 399. The number of Topliss-reactive ketones (excluding diaryl/α,β-unsaturated/α-hetero) is 5. The Hall–Kier alpha value is -0.767. The first-order chi connectivity index (χ1) is 9.09. The van der Waals surface area contributed by atoms with Gasteiger partial charge in [-0.1, -0.05) is 0 Å². The molecule has 0 spiro atoms. The van der Waals surface area contributed by atoms with Crippen LogP contribution >= 0.6 is 0 Å². The summed E-state index contributed by atoms with van der Waals surface area (Å²) in [6.45, 7) is 5.35. The van der Waals surface area contributed by atoms with Crippen molar-refractivity contribution in [2.75, 3.05) is 0 Å². The largest absolute Gasteiger partial charge is 0.300 e. The van der Waals surface area contributed by atoms with Crippen molar-refractivity contribution in [2.24, 2.45) is 5.41 Å². The van der Waals surface area contributed by atoms with Gasteiger partial charge >= 0.3 is 0 Å². The molecule has 0 aliphatic carbocycles. The van der Waals surface area contributed by atoms with E-state index >= 15 is 0 Å². The van der Waals surface area contributed by atoms with Crippen molar-refractivity contribution in [3.05, 3.63) is 0 Å². The Labute approximate surface area is 144 Å². The second-order valence-electron chi connectivity index (χ2n) is 5.54. The van der Waals surface area contributed by atoms with Gasteiger partial charge in [0.15, 0.2) is 0 Å². The van der Waals surface area contributed by atoms with Crippen molar-refractivity contribution >= 4 is 28.9 Å². The molecule has 0 aromatic heterocycles. The molecule has 6 heteroatoms. The van der Waals surface area contributed by atoms with Gasteiger partial charge in [0, 0.05) is 63.7 Å². The van der Waals surface area contributed by atoms with E-state index in [0.717, 1.165) is 0 Å². The molecule has 0 aliphatic rings. The van der Waals surface area contributed by atoms with Crippen molar-refractivity contribution in [3.63, 3.8) is 0 Å². The van der Waals surface area contributed by atoms with Crippen molar-refractivity contribution in [3.8, 4) is 0 Å². The quantitative estimate of drug-likeness (QED) is 0.583. The molecule has 0 N–H and O–H groups in total. The number of hydrogen-bond acceptors (Lipinski definition) is 5. The third-order valence-electron chi connectivity index (χ3n) is 3.06. The van der Waals surface area contributed by atoms with Gasteiger partial charge < -0.3 is 4.79 Å². The zero-order valence-electron chi connectivity index (χ0n) is 13.1. The molecule has 116 valence electrons. The number of carbonyl (C=O) groups is 5. The van der Waals surface area contributed by atoms with E-state index in [1.54, 1.807) is 0 Å². The van der Waals surface area contributed by atoms with E-state index in [1.165, 1.54) is 27.7 Å². The standard InChI is InChI=1S/C15H22O5.Zr/c1-10(16)5-6-14(20)15(7-11(2)17,8-12(3)18)9-13(4)19;/h5-9H2,1-4H3;. The second kappa shape index (κ2) is 10.0. The topological polar surface area (TPSA) is 85.3 Å². The van der Waals surface area contributed by atoms with E-state index < -0.39 is 5.41 Å². The van der Waals surface area contributed by atoms with Gasteiger partial charge in [-0.3, -0.25) is 19.2 Å². The summed E-state index contributed by atoms with van der Waals surface area (Å²) in [6.07, 6.45) is -0.383. The average molecular weight is 374 g/mol. The van der Waals surface area contributed by atoms with Gasteiger partial charge in [-0.2, -0.15) is 0 Å². The van der Waals surface area contributed by atoms with Gasteiger partial charge in [0.1, 0.15) is 28.9 Å². The maximum absolute atomic E-state index is 12.4. The van der Waals surface area contributed by atoms with Crippen LogP contribution in [0.15, 0.2) is 0 Å². The minimum atomic E-state index is -1.28. The van der Waals surface area contributed by atoms with E-state index in [2.05, 4.69) is 0 Å². The Kier molecular flexibility index (Phi) is 10.8. The van der Waals surface area contributed by atoms with Gasteiger partial charge in [0.25, 0.3) is 0 Å². The Morgan fingerprint density at radius 2 is 0.952 bits per heavy atom. The average Bonchev–Trinajstić information content (AvgIpc) is 2.22. The smallest absolute Gasteiger partial charge is 0.140 e. The number of rotatable bonds is 10. The third kappa shape index (κ3) is 8.97. The molecule has 0 aromatic rings. The molecule has 0 radical (unpaired) electrons. The Balaban J connectivity index is 0. The van der Waals surface area contributed by atoms with Crippen LogP contribution in [0.5, 0.6) is 0 Å². The van der Waals surface area contributed by atoms with E-state index in [9.17, 15) is 24.0 Å². The van der Waals surface area contributed by atoms with Crippen molar-refractivity contribution in [2.45, 2.75) is 59.8 Å². The predicted molar refractivity (Wildman–Crippen MR) is 73.2 cm³/mol. The number of carbonyl (C=O) groups excluding carboxylic acids is 5. The zero-order valence-corrected chi connectivity index (χ0v) is 15.5. The van der Waals surface area contributed by atoms with Crippen LogP contribution in [0.25, 0.3) is 0 Å². The normalized spacial score (nSPS) is 10.5. The van der Waals surface area contributed by atoms with Crippen LogP contribution in [-0.2, 0) is 50.2 Å². The number of hydrogen-bond donors (Lipinski definition) is 0. The Morgan fingerprint density at radius 3 is 1.19 bits per heavy atom. The summed E-state index contributed by atoms with van der Waals surface area (Å²) in [5.41, 5.74) is -1.28. The van der Waals surface area contributed by atoms with Gasteiger partial charge in [0.05, 0.1) is 0 Å². The van der Waals surface area contributed by atoms with Gasteiger partial charge in [-0.05, 0) is 27.7 Å². The van der Waals surface area contributed by atoms with Crippen molar-refractivity contribution in [1.29, 1.82) is 0 Å². The van der Waals surface area contributed by atoms with E-state index in [4.69, 9.17) is 0 Å². The summed E-state index contributed by atoms with van der Waals surface area (Å²) in [5.74, 6) is -1.23. The summed E-state index contributed by atoms with van der Waals surface area (Å²) in [4.78, 5) is 57.6. The molecule has 0 amide bonds. The first-order valence-corrected chi connectivity index (χ1v) is 6.60. The summed E-state index contributed by atoms with van der Waals surface area (Å²) < 4.78 is 0. The monoisotopic (exact) mass is 372 g/mol. The van der Waals surface area contributed by atoms with Gasteiger partial charge in [-0.25, -0.2) is 0 Å². The molecular formula is C15H22O5Zr. The molecule has 0 saturated carbocycles. The molecule has 21 heavy (non-hydrogen) atoms. The first-order valence-electron chi connectivity index (χ1n) is 6.60. The van der Waals surface area contributed by atoms with E-state index in [0.29, 0.717) is 0 Å². The fourth-order valence-electron chi connectivity index (χ4n) is 2.47. The van der Waals surface area contributed by atoms with Crippen LogP contribution < -0.4 is 0 Å². The molecule has 0 aromatic carbocycles. The molecule has 0 unspecified atom stereocenters. The molecule has 5 nitrogen and oxygen atoms in total. The molecule has 0 saturated heterocycles. The molecule has 0 heterocycles. The molecule has 0 fully saturated rings. The Morgan fingerprint density at radius 1 is 0.619 bits per heavy atom. The van der Waals surface area contributed by atoms with Gasteiger partial charge in [-0.15, -0.1) is 0 Å². The fourth-order valence-corrected chi connectivity index (χ4v) is 2.47. The molecule has 0 aliphatic heterocycles. The molecule has 0 atom stereocenters. The molecule has 0 rings (SSSR count). The van der Waals surface area contributed by atoms with E-state index in [1.807, 2.05) is 0 Å². The molecular weight excluding hydrogens is 351 g/mol. The predicted octanol–water partition coefficient (Wildman–Crippen LogP) is 1.85. The maximum atomic E-state index is 12.4. The molecule has 0 bridgehead atoms. The summed E-state index contributed by atoms with van der Waals surface area (Å²) in [7, 11) is 0. The van der Waals surface area contributed by atoms with Gasteiger partial charge in [0.2, 0.25) is 0 Å². The van der Waals surface area contributed by atoms with Crippen LogP contribution in [0, 0.1) is 5.41 Å². The van der Waals surface area contributed by atoms with Crippen LogP contribution in [-0.4, -0.2) is 28.9 Å².